The molecule has 0 bridgehead atoms. The van der Waals surface area contributed by atoms with Crippen LogP contribution in [0.3, 0.4) is 0 Å². The van der Waals surface area contributed by atoms with E-state index in [0.29, 0.717) is 0 Å². The predicted octanol–water partition coefficient (Wildman–Crippen LogP) is 15.0. The molecule has 11 rings (SSSR count). The molecule has 0 saturated carbocycles. The monoisotopic (exact) mass is 703 g/mol. The highest BCUT2D eigenvalue weighted by molar-refractivity contribution is 6.19. The minimum atomic E-state index is -0.0984. The summed E-state index contributed by atoms with van der Waals surface area (Å²) in [6.07, 6.45) is 0. The van der Waals surface area contributed by atoms with Crippen molar-refractivity contribution in [2.75, 3.05) is 4.90 Å². The third-order valence-electron chi connectivity index (χ3n) is 11.8. The molecule has 2 nitrogen and oxygen atoms in total. The Labute approximate surface area is 320 Å². The van der Waals surface area contributed by atoms with E-state index >= 15 is 0 Å². The summed E-state index contributed by atoms with van der Waals surface area (Å²) >= 11 is 0. The molecule has 1 aromatic heterocycles. The zero-order valence-electron chi connectivity index (χ0n) is 30.8. The van der Waals surface area contributed by atoms with Crippen LogP contribution in [0.4, 0.5) is 17.1 Å². The van der Waals surface area contributed by atoms with Crippen molar-refractivity contribution < 1.29 is 4.42 Å². The minimum Gasteiger partial charge on any atom is -0.455 e. The number of benzene rings is 9. The van der Waals surface area contributed by atoms with Crippen LogP contribution in [-0.2, 0) is 5.41 Å². The fourth-order valence-corrected chi connectivity index (χ4v) is 9.11. The third-order valence-corrected chi connectivity index (χ3v) is 11.8. The summed E-state index contributed by atoms with van der Waals surface area (Å²) in [5.41, 5.74) is 15.1. The first-order valence-corrected chi connectivity index (χ1v) is 19.1. The van der Waals surface area contributed by atoms with E-state index in [1.807, 2.05) is 0 Å². The lowest BCUT2D eigenvalue weighted by Crippen LogP contribution is -2.14. The molecule has 0 unspecified atom stereocenters. The first-order chi connectivity index (χ1) is 27.0. The number of hydrogen-bond donors (Lipinski definition) is 0. The standard InChI is InChI=1S/C53H37NO/c1-53(2)47-21-11-10-20-43(47)44-29-25-38(32-48(44)53)51-42-19-9-7-16-37(42)31-46-45-33-40(28-30-50(45)55-52(46)51)54(49-22-12-17-36-15-6-8-18-41(36)49)39-26-23-35(24-27-39)34-13-4-3-5-14-34/h3-33H,1-2H3. The van der Waals surface area contributed by atoms with Crippen molar-refractivity contribution in [3.63, 3.8) is 0 Å². The maximum atomic E-state index is 6.94. The van der Waals surface area contributed by atoms with Crippen LogP contribution in [0.15, 0.2) is 192 Å². The summed E-state index contributed by atoms with van der Waals surface area (Å²) in [4.78, 5) is 2.39. The highest BCUT2D eigenvalue weighted by Crippen LogP contribution is 2.51. The Hall–Kier alpha value is -6.90. The molecular formula is C53H37NO. The highest BCUT2D eigenvalue weighted by Gasteiger charge is 2.35. The smallest absolute Gasteiger partial charge is 0.143 e. The van der Waals surface area contributed by atoms with E-state index < -0.39 is 0 Å². The number of fused-ring (bicyclic) bond motifs is 8. The van der Waals surface area contributed by atoms with Gasteiger partial charge in [0.15, 0.2) is 0 Å². The first-order valence-electron chi connectivity index (χ1n) is 19.1. The van der Waals surface area contributed by atoms with Gasteiger partial charge in [-0.1, -0.05) is 153 Å². The molecule has 9 aromatic carbocycles. The average Bonchev–Trinajstić information content (AvgIpc) is 3.71. The van der Waals surface area contributed by atoms with Crippen molar-refractivity contribution in [2.45, 2.75) is 19.3 Å². The molecule has 0 fully saturated rings. The third kappa shape index (κ3) is 4.88. The van der Waals surface area contributed by atoms with Gasteiger partial charge >= 0.3 is 0 Å². The van der Waals surface area contributed by atoms with Gasteiger partial charge in [0.2, 0.25) is 0 Å². The Balaban J connectivity index is 1.12. The summed E-state index contributed by atoms with van der Waals surface area (Å²) in [6, 6.07) is 68.3. The molecule has 0 radical (unpaired) electrons. The number of anilines is 3. The van der Waals surface area contributed by atoms with Crippen LogP contribution < -0.4 is 4.90 Å². The van der Waals surface area contributed by atoms with E-state index in [0.717, 1.165) is 44.6 Å². The fourth-order valence-electron chi connectivity index (χ4n) is 9.11. The Morgan fingerprint density at radius 1 is 0.418 bits per heavy atom. The van der Waals surface area contributed by atoms with Gasteiger partial charge in [-0.3, -0.25) is 0 Å². The minimum absolute atomic E-state index is 0.0984. The van der Waals surface area contributed by atoms with Crippen LogP contribution in [0.1, 0.15) is 25.0 Å². The molecule has 1 heterocycles. The molecular weight excluding hydrogens is 667 g/mol. The Kier molecular flexibility index (Phi) is 6.93. The van der Waals surface area contributed by atoms with Crippen molar-refractivity contribution in [2.24, 2.45) is 0 Å². The van der Waals surface area contributed by atoms with Crippen LogP contribution in [0, 0.1) is 0 Å². The van der Waals surface area contributed by atoms with Gasteiger partial charge in [-0.2, -0.15) is 0 Å². The summed E-state index contributed by atoms with van der Waals surface area (Å²) in [5.74, 6) is 0. The number of furan rings is 1. The quantitative estimate of drug-likeness (QED) is 0.177. The maximum absolute atomic E-state index is 6.94. The second-order valence-electron chi connectivity index (χ2n) is 15.3. The largest absolute Gasteiger partial charge is 0.455 e. The molecule has 55 heavy (non-hydrogen) atoms. The molecule has 260 valence electrons. The summed E-state index contributed by atoms with van der Waals surface area (Å²) < 4.78 is 6.94. The zero-order chi connectivity index (χ0) is 36.7. The van der Waals surface area contributed by atoms with E-state index in [-0.39, 0.29) is 5.41 Å². The highest BCUT2D eigenvalue weighted by atomic mass is 16.3. The molecule has 0 spiro atoms. The van der Waals surface area contributed by atoms with Gasteiger partial charge < -0.3 is 9.32 Å². The van der Waals surface area contributed by atoms with Crippen molar-refractivity contribution >= 4 is 60.5 Å². The molecule has 10 aromatic rings. The molecule has 0 aliphatic heterocycles. The van der Waals surface area contributed by atoms with E-state index in [1.165, 1.54) is 60.5 Å². The topological polar surface area (TPSA) is 16.4 Å². The molecule has 0 atom stereocenters. The lowest BCUT2D eigenvalue weighted by atomic mass is 9.81. The number of nitrogens with zero attached hydrogens (tertiary/aromatic N) is 1. The van der Waals surface area contributed by atoms with Crippen LogP contribution in [0.5, 0.6) is 0 Å². The van der Waals surface area contributed by atoms with Crippen molar-refractivity contribution in [3.8, 4) is 33.4 Å². The van der Waals surface area contributed by atoms with Crippen molar-refractivity contribution in [1.82, 2.24) is 0 Å². The van der Waals surface area contributed by atoms with Crippen molar-refractivity contribution in [3.05, 3.63) is 199 Å². The van der Waals surface area contributed by atoms with Gasteiger partial charge in [0.05, 0.1) is 5.69 Å². The van der Waals surface area contributed by atoms with Crippen LogP contribution in [0.2, 0.25) is 0 Å². The Bertz CT molecular complexity index is 3110. The zero-order valence-corrected chi connectivity index (χ0v) is 30.8. The predicted molar refractivity (Wildman–Crippen MR) is 232 cm³/mol. The van der Waals surface area contributed by atoms with E-state index in [1.54, 1.807) is 0 Å². The molecule has 2 heteroatoms. The maximum Gasteiger partial charge on any atom is 0.143 e. The second kappa shape index (κ2) is 12.1. The summed E-state index contributed by atoms with van der Waals surface area (Å²) in [6.45, 7) is 4.69. The van der Waals surface area contributed by atoms with Gasteiger partial charge in [-0.15, -0.1) is 0 Å². The summed E-state index contributed by atoms with van der Waals surface area (Å²) in [5, 5.41) is 7.01. The first kappa shape index (κ1) is 31.6. The molecule has 0 saturated heterocycles. The van der Waals surface area contributed by atoms with Crippen LogP contribution in [-0.4, -0.2) is 0 Å². The van der Waals surface area contributed by atoms with E-state index in [4.69, 9.17) is 4.42 Å². The van der Waals surface area contributed by atoms with E-state index in [9.17, 15) is 0 Å². The van der Waals surface area contributed by atoms with Crippen LogP contribution in [0.25, 0.3) is 76.9 Å². The lowest BCUT2D eigenvalue weighted by molar-refractivity contribution is 0.660. The van der Waals surface area contributed by atoms with Gasteiger partial charge in [0, 0.05) is 38.5 Å². The molecule has 1 aliphatic rings. The second-order valence-corrected chi connectivity index (χ2v) is 15.3. The summed E-state index contributed by atoms with van der Waals surface area (Å²) in [7, 11) is 0. The van der Waals surface area contributed by atoms with Crippen LogP contribution >= 0.6 is 0 Å². The Morgan fingerprint density at radius 2 is 1.07 bits per heavy atom. The van der Waals surface area contributed by atoms with Gasteiger partial charge in [-0.25, -0.2) is 0 Å². The van der Waals surface area contributed by atoms with Gasteiger partial charge in [0.25, 0.3) is 0 Å². The molecule has 0 N–H and O–H groups in total. The number of hydrogen-bond acceptors (Lipinski definition) is 2. The normalized spacial score (nSPS) is 13.1. The lowest BCUT2D eigenvalue weighted by Gasteiger charge is -2.27. The van der Waals surface area contributed by atoms with E-state index in [2.05, 4.69) is 207 Å². The van der Waals surface area contributed by atoms with Gasteiger partial charge in [-0.05, 0) is 104 Å². The number of rotatable bonds is 5. The van der Waals surface area contributed by atoms with Crippen molar-refractivity contribution in [1.29, 1.82) is 0 Å². The SMILES string of the molecule is CC1(C)c2ccccc2-c2ccc(-c3c4ccccc4cc4c3oc3ccc(N(c5ccc(-c6ccccc6)cc5)c5cccc6ccccc56)cc34)cc21. The molecule has 1 aliphatic carbocycles. The molecule has 0 amide bonds. The average molecular weight is 704 g/mol. The fraction of sp³-hybridized carbons (Fsp3) is 0.0566. The Morgan fingerprint density at radius 3 is 1.93 bits per heavy atom. The van der Waals surface area contributed by atoms with Gasteiger partial charge in [0.1, 0.15) is 11.2 Å².